The van der Waals surface area contributed by atoms with Gasteiger partial charge in [0.2, 0.25) is 0 Å². The molecule has 0 unspecified atom stereocenters. The minimum atomic E-state index is 0. The molecule has 3 rings (SSSR count). The lowest BCUT2D eigenvalue weighted by molar-refractivity contribution is -0.725. The second kappa shape index (κ2) is 8.20. The Bertz CT molecular complexity index is 696. The second-order valence-corrected chi connectivity index (χ2v) is 5.94. The number of aromatic nitrogens is 2. The first-order valence-electron chi connectivity index (χ1n) is 7.22. The van der Waals surface area contributed by atoms with Gasteiger partial charge in [-0.05, 0) is 36.4 Å². The van der Waals surface area contributed by atoms with Crippen LogP contribution in [0.15, 0.2) is 83.1 Å². The van der Waals surface area contributed by atoms with E-state index in [0.717, 1.165) is 13.1 Å². The maximum Gasteiger partial charge on any atom is 0.323 e. The van der Waals surface area contributed by atoms with Crippen LogP contribution in [0.25, 0.3) is 0 Å². The summed E-state index contributed by atoms with van der Waals surface area (Å²) in [6, 6.07) is 21.1. The highest BCUT2D eigenvalue weighted by Crippen LogP contribution is 2.25. The third-order valence-corrected chi connectivity index (χ3v) is 4.57. The van der Waals surface area contributed by atoms with E-state index in [0.29, 0.717) is 0 Å². The summed E-state index contributed by atoms with van der Waals surface area (Å²) in [6.45, 7) is 4.07. The van der Waals surface area contributed by atoms with Crippen LogP contribution in [0.2, 0.25) is 0 Å². The van der Waals surface area contributed by atoms with Gasteiger partial charge in [-0.25, -0.2) is 9.13 Å². The molecule has 1 aromatic heterocycles. The molecule has 0 bridgehead atoms. The van der Waals surface area contributed by atoms with Crippen LogP contribution >= 0.6 is 11.8 Å². The molecule has 2 aromatic carbocycles. The third-order valence-electron chi connectivity index (χ3n) is 3.41. The summed E-state index contributed by atoms with van der Waals surface area (Å²) in [5.41, 5.74) is 1.33. The minimum Gasteiger partial charge on any atom is -1.00 e. The van der Waals surface area contributed by atoms with Crippen LogP contribution in [0.3, 0.4) is 0 Å². The molecule has 0 radical (unpaired) electrons. The summed E-state index contributed by atoms with van der Waals surface area (Å²) in [6.07, 6.45) is 4.33. The Labute approximate surface area is 146 Å². The van der Waals surface area contributed by atoms with Crippen molar-refractivity contribution in [1.82, 2.24) is 4.57 Å². The SMILES string of the molecule is CCn1cc[n+](Cc2ccccc2)c1Sc1ccccc1.[Br-]. The van der Waals surface area contributed by atoms with Gasteiger partial charge >= 0.3 is 5.16 Å². The van der Waals surface area contributed by atoms with Crippen LogP contribution in [0.4, 0.5) is 0 Å². The lowest BCUT2D eigenvalue weighted by atomic mass is 10.2. The molecule has 0 fully saturated rings. The average molecular weight is 375 g/mol. The molecule has 0 saturated heterocycles. The Morgan fingerprint density at radius 1 is 0.955 bits per heavy atom. The molecular formula is C18H19BrN2S. The zero-order valence-corrected chi connectivity index (χ0v) is 14.9. The number of halogens is 1. The highest BCUT2D eigenvalue weighted by Gasteiger charge is 2.17. The Balaban J connectivity index is 0.00000176. The largest absolute Gasteiger partial charge is 1.00 e. The van der Waals surface area contributed by atoms with E-state index in [2.05, 4.69) is 89.1 Å². The average Bonchev–Trinajstić information content (AvgIpc) is 2.91. The minimum absolute atomic E-state index is 0. The van der Waals surface area contributed by atoms with E-state index in [1.165, 1.54) is 15.6 Å². The Morgan fingerprint density at radius 2 is 1.59 bits per heavy atom. The Morgan fingerprint density at radius 3 is 2.23 bits per heavy atom. The summed E-state index contributed by atoms with van der Waals surface area (Å²) in [5, 5.41) is 1.27. The lowest BCUT2D eigenvalue weighted by Gasteiger charge is -2.04. The first-order chi connectivity index (χ1) is 10.4. The number of imidazole rings is 1. The first-order valence-corrected chi connectivity index (χ1v) is 8.04. The predicted molar refractivity (Wildman–Crippen MR) is 86.4 cm³/mol. The molecule has 0 aliphatic carbocycles. The summed E-state index contributed by atoms with van der Waals surface area (Å²) >= 11 is 1.82. The van der Waals surface area contributed by atoms with Gasteiger partial charge in [0, 0.05) is 4.90 Å². The van der Waals surface area contributed by atoms with Crippen LogP contribution in [0.1, 0.15) is 12.5 Å². The molecule has 0 aliphatic heterocycles. The molecule has 114 valence electrons. The van der Waals surface area contributed by atoms with Crippen molar-refractivity contribution in [3.63, 3.8) is 0 Å². The van der Waals surface area contributed by atoms with Crippen LogP contribution < -0.4 is 21.5 Å². The maximum atomic E-state index is 2.32. The fourth-order valence-corrected chi connectivity index (χ4v) is 3.36. The number of nitrogens with zero attached hydrogens (tertiary/aromatic N) is 2. The topological polar surface area (TPSA) is 8.81 Å². The molecule has 4 heteroatoms. The van der Waals surface area contributed by atoms with E-state index in [-0.39, 0.29) is 17.0 Å². The number of hydrogen-bond acceptors (Lipinski definition) is 1. The maximum absolute atomic E-state index is 2.32. The lowest BCUT2D eigenvalue weighted by Crippen LogP contribution is -3.00. The van der Waals surface area contributed by atoms with E-state index >= 15 is 0 Å². The van der Waals surface area contributed by atoms with Gasteiger partial charge in [-0.2, -0.15) is 0 Å². The Kier molecular flexibility index (Phi) is 6.28. The fourth-order valence-electron chi connectivity index (χ4n) is 2.31. The van der Waals surface area contributed by atoms with Crippen molar-refractivity contribution in [2.75, 3.05) is 0 Å². The van der Waals surface area contributed by atoms with Crippen LogP contribution in [-0.2, 0) is 13.1 Å². The van der Waals surface area contributed by atoms with Crippen LogP contribution in [0, 0.1) is 0 Å². The van der Waals surface area contributed by atoms with E-state index in [9.17, 15) is 0 Å². The van der Waals surface area contributed by atoms with Crippen molar-refractivity contribution in [2.24, 2.45) is 0 Å². The highest BCUT2D eigenvalue weighted by molar-refractivity contribution is 7.99. The molecule has 0 atom stereocenters. The van der Waals surface area contributed by atoms with Crippen LogP contribution in [-0.4, -0.2) is 4.57 Å². The first kappa shape index (κ1) is 16.8. The molecule has 3 aromatic rings. The summed E-state index contributed by atoms with van der Waals surface area (Å²) < 4.78 is 4.61. The molecule has 2 nitrogen and oxygen atoms in total. The van der Waals surface area contributed by atoms with E-state index < -0.39 is 0 Å². The summed E-state index contributed by atoms with van der Waals surface area (Å²) in [5.74, 6) is 0. The van der Waals surface area contributed by atoms with Gasteiger partial charge in [0.15, 0.2) is 0 Å². The quantitative estimate of drug-likeness (QED) is 0.605. The van der Waals surface area contributed by atoms with Crippen LogP contribution in [0.5, 0.6) is 0 Å². The smallest absolute Gasteiger partial charge is 0.323 e. The van der Waals surface area contributed by atoms with E-state index in [4.69, 9.17) is 0 Å². The van der Waals surface area contributed by atoms with Crippen molar-refractivity contribution in [2.45, 2.75) is 30.1 Å². The van der Waals surface area contributed by atoms with Crippen molar-refractivity contribution in [3.8, 4) is 0 Å². The number of hydrogen-bond donors (Lipinski definition) is 0. The molecule has 0 saturated carbocycles. The molecular weight excluding hydrogens is 356 g/mol. The number of rotatable bonds is 5. The molecule has 0 spiro atoms. The Hall–Kier alpha value is -1.52. The van der Waals surface area contributed by atoms with Gasteiger partial charge < -0.3 is 17.0 Å². The van der Waals surface area contributed by atoms with Gasteiger partial charge in [0.1, 0.15) is 18.9 Å². The predicted octanol–water partition coefficient (Wildman–Crippen LogP) is 0.999. The molecule has 0 amide bonds. The monoisotopic (exact) mass is 374 g/mol. The molecule has 1 heterocycles. The van der Waals surface area contributed by atoms with E-state index in [1.807, 2.05) is 11.8 Å². The molecule has 0 aliphatic rings. The van der Waals surface area contributed by atoms with Gasteiger partial charge in [-0.3, -0.25) is 0 Å². The second-order valence-electron chi connectivity index (χ2n) is 4.90. The zero-order chi connectivity index (χ0) is 14.5. The normalized spacial score (nSPS) is 10.2. The summed E-state index contributed by atoms with van der Waals surface area (Å²) in [4.78, 5) is 1.27. The number of aryl methyl sites for hydroxylation is 1. The molecule has 22 heavy (non-hydrogen) atoms. The van der Waals surface area contributed by atoms with Gasteiger partial charge in [-0.15, -0.1) is 0 Å². The van der Waals surface area contributed by atoms with E-state index in [1.54, 1.807) is 0 Å². The van der Waals surface area contributed by atoms with Gasteiger partial charge in [0.05, 0.1) is 6.54 Å². The zero-order valence-electron chi connectivity index (χ0n) is 12.5. The highest BCUT2D eigenvalue weighted by atomic mass is 79.9. The van der Waals surface area contributed by atoms with Crippen molar-refractivity contribution >= 4 is 11.8 Å². The third kappa shape index (κ3) is 4.02. The summed E-state index contributed by atoms with van der Waals surface area (Å²) in [7, 11) is 0. The van der Waals surface area contributed by atoms with Crippen molar-refractivity contribution in [1.29, 1.82) is 0 Å². The van der Waals surface area contributed by atoms with Crippen molar-refractivity contribution in [3.05, 3.63) is 78.6 Å². The molecule has 0 N–H and O–H groups in total. The van der Waals surface area contributed by atoms with Gasteiger partial charge in [-0.1, -0.05) is 48.5 Å². The fraction of sp³-hybridized carbons (Fsp3) is 0.167. The van der Waals surface area contributed by atoms with Crippen molar-refractivity contribution < 1.29 is 21.5 Å². The number of benzene rings is 2. The standard InChI is InChI=1S/C18H19N2S.BrH/c1-2-19-13-14-20(15-16-9-5-3-6-10-16)18(19)21-17-11-7-4-8-12-17;/h3-14H,2,15H2,1H3;1H/q+1;/p-1. The van der Waals surface area contributed by atoms with Gasteiger partial charge in [0.25, 0.3) is 0 Å².